The number of carbonyl (C=O) groups is 1. The zero-order chi connectivity index (χ0) is 13.0. The van der Waals surface area contributed by atoms with Crippen molar-refractivity contribution in [2.24, 2.45) is 0 Å². The minimum Gasteiger partial charge on any atom is -0.468 e. The van der Waals surface area contributed by atoms with E-state index in [4.69, 9.17) is 4.74 Å². The second-order valence-corrected chi connectivity index (χ2v) is 4.19. The van der Waals surface area contributed by atoms with Gasteiger partial charge in [-0.3, -0.25) is 4.79 Å². The minimum atomic E-state index is -0.296. The summed E-state index contributed by atoms with van der Waals surface area (Å²) in [4.78, 5) is 19.6. The van der Waals surface area contributed by atoms with Crippen LogP contribution in [0.4, 0.5) is 0 Å². The van der Waals surface area contributed by atoms with Crippen molar-refractivity contribution in [3.63, 3.8) is 0 Å². The van der Waals surface area contributed by atoms with Gasteiger partial charge in [0.25, 0.3) is 0 Å². The lowest BCUT2D eigenvalue weighted by Crippen LogP contribution is -2.31. The number of rotatable bonds is 4. The molecule has 0 spiro atoms. The Bertz CT molecular complexity index is 408. The normalized spacial score (nSPS) is 22.8. The Kier molecular flexibility index (Phi) is 4.09. The van der Waals surface area contributed by atoms with E-state index >= 15 is 0 Å². The van der Waals surface area contributed by atoms with Crippen LogP contribution in [0.3, 0.4) is 0 Å². The number of hydrogen-bond donors (Lipinski definition) is 1. The van der Waals surface area contributed by atoms with Crippen molar-refractivity contribution in [1.29, 1.82) is 0 Å². The lowest BCUT2D eigenvalue weighted by Gasteiger charge is -2.10. The highest BCUT2D eigenvalue weighted by atomic mass is 16.5. The maximum Gasteiger partial charge on any atom is 0.323 e. The quantitative estimate of drug-likeness (QED) is 0.777. The van der Waals surface area contributed by atoms with Gasteiger partial charge in [0.15, 0.2) is 0 Å². The summed E-state index contributed by atoms with van der Waals surface area (Å²) in [6.45, 7) is 2.64. The van der Waals surface area contributed by atoms with Gasteiger partial charge in [-0.25, -0.2) is 9.97 Å². The highest BCUT2D eigenvalue weighted by Gasteiger charge is 2.31. The van der Waals surface area contributed by atoms with Crippen LogP contribution in [0.25, 0.3) is 0 Å². The summed E-state index contributed by atoms with van der Waals surface area (Å²) in [6, 6.07) is 0.0550. The van der Waals surface area contributed by atoms with Crippen LogP contribution in [-0.2, 0) is 16.0 Å². The smallest absolute Gasteiger partial charge is 0.323 e. The predicted molar refractivity (Wildman–Crippen MR) is 64.2 cm³/mol. The van der Waals surface area contributed by atoms with Gasteiger partial charge < -0.3 is 14.8 Å². The minimum absolute atomic E-state index is 0.0958. The number of methoxy groups -OCH3 is 1. The summed E-state index contributed by atoms with van der Waals surface area (Å²) in [7, 11) is 1.38. The average Bonchev–Trinajstić information content (AvgIpc) is 2.87. The summed E-state index contributed by atoms with van der Waals surface area (Å²) in [5, 5.41) is 3.05. The van der Waals surface area contributed by atoms with Crippen LogP contribution in [0.1, 0.15) is 18.9 Å². The number of nitrogens with zero attached hydrogens (tertiary/aromatic N) is 2. The van der Waals surface area contributed by atoms with Crippen LogP contribution >= 0.6 is 0 Å². The largest absolute Gasteiger partial charge is 0.468 e. The molecule has 1 saturated heterocycles. The molecule has 18 heavy (non-hydrogen) atoms. The topological polar surface area (TPSA) is 73.3 Å². The Labute approximate surface area is 106 Å². The molecule has 0 bridgehead atoms. The summed E-state index contributed by atoms with van der Waals surface area (Å²) < 4.78 is 10.3. The van der Waals surface area contributed by atoms with E-state index in [-0.39, 0.29) is 18.1 Å². The van der Waals surface area contributed by atoms with Crippen molar-refractivity contribution in [2.75, 3.05) is 13.7 Å². The molecule has 0 amide bonds. The maximum absolute atomic E-state index is 11.3. The van der Waals surface area contributed by atoms with Gasteiger partial charge in [0.2, 0.25) is 0 Å². The molecule has 98 valence electrons. The van der Waals surface area contributed by atoms with Crippen LogP contribution < -0.4 is 10.1 Å². The monoisotopic (exact) mass is 251 g/mol. The second kappa shape index (κ2) is 5.77. The third kappa shape index (κ3) is 2.95. The Morgan fingerprint density at radius 3 is 2.83 bits per heavy atom. The summed E-state index contributed by atoms with van der Waals surface area (Å²) in [6.07, 6.45) is 4.88. The third-order valence-corrected chi connectivity index (χ3v) is 2.94. The number of ether oxygens (including phenoxy) is 2. The molecule has 6 heteroatoms. The number of hydrogen-bond acceptors (Lipinski definition) is 6. The lowest BCUT2D eigenvalue weighted by molar-refractivity contribution is -0.142. The van der Waals surface area contributed by atoms with E-state index in [1.54, 1.807) is 12.4 Å². The van der Waals surface area contributed by atoms with Crippen molar-refractivity contribution >= 4 is 5.97 Å². The van der Waals surface area contributed by atoms with Gasteiger partial charge in [0, 0.05) is 25.4 Å². The molecule has 1 aromatic heterocycles. The van der Waals surface area contributed by atoms with Gasteiger partial charge in [-0.05, 0) is 12.0 Å². The molecule has 0 saturated carbocycles. The molecule has 6 nitrogen and oxygen atoms in total. The van der Waals surface area contributed by atoms with E-state index in [0.29, 0.717) is 19.0 Å². The molecule has 0 aliphatic carbocycles. The molecule has 1 aliphatic heterocycles. The van der Waals surface area contributed by atoms with E-state index < -0.39 is 0 Å². The van der Waals surface area contributed by atoms with Crippen molar-refractivity contribution in [1.82, 2.24) is 15.3 Å². The van der Waals surface area contributed by atoms with Crippen LogP contribution in [0.2, 0.25) is 0 Å². The second-order valence-electron chi connectivity index (χ2n) is 4.19. The fourth-order valence-electron chi connectivity index (χ4n) is 1.85. The van der Waals surface area contributed by atoms with Crippen molar-refractivity contribution < 1.29 is 14.3 Å². The molecule has 1 aromatic rings. The van der Waals surface area contributed by atoms with E-state index in [1.807, 2.05) is 6.92 Å². The average molecular weight is 251 g/mol. The number of esters is 1. The number of nitrogens with one attached hydrogen (secondary N) is 1. The first-order valence-electron chi connectivity index (χ1n) is 6.01. The standard InChI is InChI=1S/C12H17N3O3/c1-3-8-5-14-12(15-6-8)18-9-4-10(13-7-9)11(16)17-2/h5-6,9-10,13H,3-4,7H2,1-2H3. The SMILES string of the molecule is CCc1cnc(OC2CNC(C(=O)OC)C2)nc1. The zero-order valence-electron chi connectivity index (χ0n) is 10.5. The Hall–Kier alpha value is -1.69. The summed E-state index contributed by atoms with van der Waals surface area (Å²) >= 11 is 0. The fourth-order valence-corrected chi connectivity index (χ4v) is 1.85. The molecule has 0 aromatic carbocycles. The molecule has 1 N–H and O–H groups in total. The number of aromatic nitrogens is 2. The van der Waals surface area contributed by atoms with Gasteiger partial charge in [0.05, 0.1) is 7.11 Å². The highest BCUT2D eigenvalue weighted by Crippen LogP contribution is 2.14. The number of aryl methyl sites for hydroxylation is 1. The van der Waals surface area contributed by atoms with E-state index in [0.717, 1.165) is 12.0 Å². The van der Waals surface area contributed by atoms with E-state index in [9.17, 15) is 4.79 Å². The van der Waals surface area contributed by atoms with Gasteiger partial charge in [-0.15, -0.1) is 0 Å². The molecule has 2 rings (SSSR count). The van der Waals surface area contributed by atoms with Gasteiger partial charge in [-0.2, -0.15) is 0 Å². The fraction of sp³-hybridized carbons (Fsp3) is 0.583. The Morgan fingerprint density at radius 2 is 2.22 bits per heavy atom. The van der Waals surface area contributed by atoms with E-state index in [1.165, 1.54) is 7.11 Å². The molecule has 2 atom stereocenters. The molecular weight excluding hydrogens is 234 g/mol. The van der Waals surface area contributed by atoms with Crippen molar-refractivity contribution in [3.05, 3.63) is 18.0 Å². The van der Waals surface area contributed by atoms with Crippen LogP contribution in [0, 0.1) is 0 Å². The van der Waals surface area contributed by atoms with Gasteiger partial charge in [-0.1, -0.05) is 6.92 Å². The first-order valence-corrected chi connectivity index (χ1v) is 6.01. The van der Waals surface area contributed by atoms with Crippen LogP contribution in [0.15, 0.2) is 12.4 Å². The predicted octanol–water partition coefficient (Wildman–Crippen LogP) is 0.321. The molecule has 1 fully saturated rings. The number of carbonyl (C=O) groups excluding carboxylic acids is 1. The van der Waals surface area contributed by atoms with Crippen molar-refractivity contribution in [2.45, 2.75) is 31.9 Å². The first kappa shape index (κ1) is 12.8. The third-order valence-electron chi connectivity index (χ3n) is 2.94. The van der Waals surface area contributed by atoms with Gasteiger partial charge >= 0.3 is 12.0 Å². The van der Waals surface area contributed by atoms with Crippen LogP contribution in [0.5, 0.6) is 6.01 Å². The Morgan fingerprint density at radius 1 is 1.50 bits per heavy atom. The summed E-state index contributed by atoms with van der Waals surface area (Å²) in [5.41, 5.74) is 1.07. The maximum atomic E-state index is 11.3. The molecule has 2 unspecified atom stereocenters. The zero-order valence-corrected chi connectivity index (χ0v) is 10.5. The van der Waals surface area contributed by atoms with E-state index in [2.05, 4.69) is 20.0 Å². The first-order chi connectivity index (χ1) is 8.72. The summed E-state index contributed by atoms with van der Waals surface area (Å²) in [5.74, 6) is -0.261. The Balaban J connectivity index is 1.89. The molecule has 0 radical (unpaired) electrons. The molecule has 2 heterocycles. The van der Waals surface area contributed by atoms with Gasteiger partial charge in [0.1, 0.15) is 12.1 Å². The highest BCUT2D eigenvalue weighted by molar-refractivity contribution is 5.76. The molecule has 1 aliphatic rings. The molecular formula is C12H17N3O3. The van der Waals surface area contributed by atoms with Crippen molar-refractivity contribution in [3.8, 4) is 6.01 Å². The van der Waals surface area contributed by atoms with Crippen LogP contribution in [-0.4, -0.2) is 41.7 Å². The lowest BCUT2D eigenvalue weighted by atomic mass is 10.2.